The van der Waals surface area contributed by atoms with E-state index in [-0.39, 0.29) is 50.5 Å². The summed E-state index contributed by atoms with van der Waals surface area (Å²) in [7, 11) is 7.92. The van der Waals surface area contributed by atoms with E-state index >= 15 is 0 Å². The van der Waals surface area contributed by atoms with Crippen molar-refractivity contribution in [3.05, 3.63) is 72.8 Å². The second-order valence-electron chi connectivity index (χ2n) is 7.78. The number of hydrogen-bond donors (Lipinski definition) is 0. The maximum absolute atomic E-state index is 4.81. The van der Waals surface area contributed by atoms with E-state index in [0.29, 0.717) is 0 Å². The van der Waals surface area contributed by atoms with Crippen LogP contribution in [-0.4, -0.2) is 50.7 Å². The Kier molecular flexibility index (Phi) is 11.3. The second-order valence-corrected chi connectivity index (χ2v) is 7.78. The Morgan fingerprint density at radius 2 is 0.909 bits per heavy atom. The molecule has 0 atom stereocenters. The van der Waals surface area contributed by atoms with Crippen molar-refractivity contribution in [2.75, 3.05) is 28.2 Å². The predicted octanol–water partition coefficient (Wildman–Crippen LogP) is 0.108. The van der Waals surface area contributed by atoms with Crippen LogP contribution in [-0.2, 0) is 16.5 Å². The summed E-state index contributed by atoms with van der Waals surface area (Å²) in [6.45, 7) is 0. The first-order chi connectivity index (χ1) is 14.5. The van der Waals surface area contributed by atoms with E-state index in [9.17, 15) is 0 Å². The Balaban J connectivity index is 0.00000181. The maximum Gasteiger partial charge on any atom is 2.00 e. The number of rotatable bonds is 5. The van der Waals surface area contributed by atoms with Crippen LogP contribution in [0.2, 0.25) is 0 Å². The molecule has 33 heavy (non-hydrogen) atoms. The van der Waals surface area contributed by atoms with Gasteiger partial charge in [0.05, 0.1) is 24.1 Å². The molecule has 0 aliphatic carbocycles. The van der Waals surface area contributed by atoms with E-state index in [2.05, 4.69) is 72.8 Å². The van der Waals surface area contributed by atoms with Gasteiger partial charge < -0.3 is 43.8 Å². The van der Waals surface area contributed by atoms with E-state index < -0.39 is 0 Å². The second kappa shape index (κ2) is 12.9. The Hall–Kier alpha value is -2.21. The van der Waals surface area contributed by atoms with Crippen molar-refractivity contribution >= 4 is 45.6 Å². The molecule has 0 saturated heterocycles. The normalized spacial score (nSPS) is 10.7. The maximum atomic E-state index is 4.81. The fourth-order valence-electron chi connectivity index (χ4n) is 3.62. The first-order valence-electron chi connectivity index (χ1n) is 9.99. The van der Waals surface area contributed by atoms with Crippen LogP contribution in [0.3, 0.4) is 0 Å². The molecule has 4 aromatic carbocycles. The van der Waals surface area contributed by atoms with Gasteiger partial charge in [-0.25, -0.2) is 9.98 Å². The molecule has 0 heterocycles. The molecule has 0 N–H and O–H groups in total. The van der Waals surface area contributed by atoms with Gasteiger partial charge in [-0.3, -0.25) is 0 Å². The van der Waals surface area contributed by atoms with E-state index in [0.717, 1.165) is 22.5 Å². The Morgan fingerprint density at radius 1 is 0.545 bits per heavy atom. The topological polar surface area (TPSA) is 31.2 Å². The fourth-order valence-corrected chi connectivity index (χ4v) is 3.62. The number of fused-ring (bicyclic) bond motifs is 2. The summed E-state index contributed by atoms with van der Waals surface area (Å²) in [6.07, 6.45) is 3.70. The molecule has 0 aliphatic rings. The van der Waals surface area contributed by atoms with Crippen molar-refractivity contribution in [3.8, 4) is 11.1 Å². The van der Waals surface area contributed by atoms with Crippen LogP contribution < -0.4 is 34.0 Å². The van der Waals surface area contributed by atoms with Gasteiger partial charge in [-0.15, -0.1) is 0 Å². The van der Waals surface area contributed by atoms with Crippen molar-refractivity contribution in [1.29, 1.82) is 0 Å². The van der Waals surface area contributed by atoms with Gasteiger partial charge in [0.15, 0.2) is 0 Å². The van der Waals surface area contributed by atoms with Crippen molar-refractivity contribution < 1.29 is 50.5 Å². The van der Waals surface area contributed by atoms with Crippen LogP contribution in [0.25, 0.3) is 32.7 Å². The average Bonchev–Trinajstić information content (AvgIpc) is 2.75. The van der Waals surface area contributed by atoms with E-state index in [1.165, 1.54) is 21.5 Å². The molecule has 7 heteroatoms. The Morgan fingerprint density at radius 3 is 1.27 bits per heavy atom. The summed E-state index contributed by atoms with van der Waals surface area (Å²) in [5.41, 5.74) is 4.07. The molecule has 0 amide bonds. The quantitative estimate of drug-likeness (QED) is 0.182. The molecule has 4 rings (SSSR count). The molecule has 0 spiro atoms. The van der Waals surface area contributed by atoms with Crippen molar-refractivity contribution in [3.63, 3.8) is 0 Å². The minimum absolute atomic E-state index is 0. The van der Waals surface area contributed by atoms with Crippen LogP contribution in [0.5, 0.6) is 0 Å². The SMILES string of the molecule is CN(C)C=Nc1ccc2ccccc2c1-c1c(N=CN(C)C)ccc2ccccc12.[Br-].[Br-].[Ni+2]. The molecule has 0 radical (unpaired) electrons. The van der Waals surface area contributed by atoms with Crippen LogP contribution in [0.4, 0.5) is 11.4 Å². The zero-order valence-electron chi connectivity index (χ0n) is 18.9. The smallest absolute Gasteiger partial charge is 1.00 e. The molecule has 0 fully saturated rings. The molecule has 0 aliphatic heterocycles. The van der Waals surface area contributed by atoms with E-state index in [1.54, 1.807) is 0 Å². The third kappa shape index (κ3) is 6.44. The summed E-state index contributed by atoms with van der Waals surface area (Å²) in [5, 5.41) is 4.71. The van der Waals surface area contributed by atoms with E-state index in [4.69, 9.17) is 9.98 Å². The number of aliphatic imine (C=N–C) groups is 2. The molecule has 4 aromatic rings. The Labute approximate surface area is 226 Å². The van der Waals surface area contributed by atoms with Crippen molar-refractivity contribution in [2.24, 2.45) is 9.98 Å². The van der Waals surface area contributed by atoms with Crippen LogP contribution in [0.1, 0.15) is 0 Å². The third-order valence-electron chi connectivity index (χ3n) is 4.92. The summed E-state index contributed by atoms with van der Waals surface area (Å²) < 4.78 is 0. The van der Waals surface area contributed by atoms with Gasteiger partial charge in [0, 0.05) is 39.3 Å². The van der Waals surface area contributed by atoms with Gasteiger partial charge in [0.1, 0.15) is 0 Å². The standard InChI is InChI=1S/C26H26N4.2BrH.Ni/c1-29(2)17-27-23-15-13-19-9-5-7-11-21(19)25(23)26-22-12-8-6-10-20(22)14-16-24(26)28-18-30(3)4;;;/h5-18H,1-4H3;2*1H;/q;;;+2/p-2. The average molecular weight is 613 g/mol. The Bertz CT molecular complexity index is 1170. The minimum atomic E-state index is 0. The summed E-state index contributed by atoms with van der Waals surface area (Å²) >= 11 is 0. The first-order valence-corrected chi connectivity index (χ1v) is 9.99. The molecular weight excluding hydrogens is 587 g/mol. The molecule has 0 bridgehead atoms. The minimum Gasteiger partial charge on any atom is -1.00 e. The van der Waals surface area contributed by atoms with Crippen LogP contribution >= 0.6 is 0 Å². The van der Waals surface area contributed by atoms with Gasteiger partial charge in [-0.05, 0) is 33.7 Å². The molecule has 0 aromatic heterocycles. The summed E-state index contributed by atoms with van der Waals surface area (Å²) in [4.78, 5) is 13.5. The fraction of sp³-hybridized carbons (Fsp3) is 0.154. The largest absolute Gasteiger partial charge is 2.00 e. The van der Waals surface area contributed by atoms with E-state index in [1.807, 2.05) is 50.7 Å². The number of nitrogens with zero attached hydrogens (tertiary/aromatic N) is 4. The molecular formula is C26H26Br2N4Ni. The van der Waals surface area contributed by atoms with Gasteiger partial charge in [0.25, 0.3) is 0 Å². The van der Waals surface area contributed by atoms with Crippen molar-refractivity contribution in [2.45, 2.75) is 0 Å². The van der Waals surface area contributed by atoms with Gasteiger partial charge in [0.2, 0.25) is 0 Å². The summed E-state index contributed by atoms with van der Waals surface area (Å²) in [6, 6.07) is 25.4. The van der Waals surface area contributed by atoms with Crippen LogP contribution in [0.15, 0.2) is 82.8 Å². The third-order valence-corrected chi connectivity index (χ3v) is 4.92. The van der Waals surface area contributed by atoms with Gasteiger partial charge in [-0.2, -0.15) is 0 Å². The molecule has 0 saturated carbocycles. The monoisotopic (exact) mass is 610 g/mol. The van der Waals surface area contributed by atoms with Gasteiger partial charge in [-0.1, -0.05) is 60.7 Å². The van der Waals surface area contributed by atoms with Crippen molar-refractivity contribution in [1.82, 2.24) is 9.80 Å². The number of halogens is 2. The zero-order chi connectivity index (χ0) is 21.1. The number of benzene rings is 4. The molecule has 174 valence electrons. The summed E-state index contributed by atoms with van der Waals surface area (Å²) in [5.74, 6) is 0. The number of hydrogen-bond acceptors (Lipinski definition) is 2. The van der Waals surface area contributed by atoms with Gasteiger partial charge >= 0.3 is 16.5 Å². The molecule has 0 unspecified atom stereocenters. The van der Waals surface area contributed by atoms with Crippen LogP contribution in [0, 0.1) is 0 Å². The predicted molar refractivity (Wildman–Crippen MR) is 131 cm³/mol. The first kappa shape index (κ1) is 28.8. The molecule has 4 nitrogen and oxygen atoms in total. The zero-order valence-corrected chi connectivity index (χ0v) is 23.1.